The number of aryl methyl sites for hydroxylation is 1. The Morgan fingerprint density at radius 3 is 2.33 bits per heavy atom. The van der Waals surface area contributed by atoms with E-state index in [9.17, 15) is 13.0 Å². The maximum atomic E-state index is 9.22. The highest BCUT2D eigenvalue weighted by Crippen LogP contribution is 2.38. The molecule has 0 saturated heterocycles. The van der Waals surface area contributed by atoms with Gasteiger partial charge in [-0.3, -0.25) is 4.18 Å². The lowest BCUT2D eigenvalue weighted by Gasteiger charge is -1.98. The average molecular weight is 509 g/mol. The third kappa shape index (κ3) is 5.58. The number of thiazole rings is 1. The quantitative estimate of drug-likeness (QED) is 0.181. The number of benzene rings is 2. The Labute approximate surface area is 186 Å². The second-order valence-corrected chi connectivity index (χ2v) is 9.50. The second kappa shape index (κ2) is 9.58. The van der Waals surface area contributed by atoms with Crippen LogP contribution in [0.25, 0.3) is 22.2 Å². The summed E-state index contributed by atoms with van der Waals surface area (Å²) in [4.78, 5) is 3.47. The standard InChI is InChI=1S/C18H13BrN4S.CH4O4S/c1-23-11-15(19)24-18(23)22-21-17-13-9-5-6-10-14(13)20-16(17)12-7-3-2-4-8-12;1-5-6(2,3)4/h2-11H,1H3;1H3,(H,2,3,4). The van der Waals surface area contributed by atoms with Crippen molar-refractivity contribution in [2.45, 2.75) is 0 Å². The number of nitrogens with one attached hydrogen (secondary N) is 1. The Hall–Kier alpha value is -2.44. The highest BCUT2D eigenvalue weighted by molar-refractivity contribution is 9.11. The van der Waals surface area contributed by atoms with Crippen molar-refractivity contribution in [3.8, 4) is 11.3 Å². The lowest BCUT2D eigenvalue weighted by atomic mass is 10.1. The van der Waals surface area contributed by atoms with Crippen LogP contribution in [0.15, 0.2) is 74.8 Å². The number of fused-ring (bicyclic) bond motifs is 1. The molecule has 11 heteroatoms. The Kier molecular flexibility index (Phi) is 7.10. The number of hydrogen-bond donors (Lipinski definition) is 1. The molecule has 0 saturated carbocycles. The molecule has 0 aliphatic carbocycles. The van der Waals surface area contributed by atoms with Crippen molar-refractivity contribution in [2.75, 3.05) is 7.11 Å². The van der Waals surface area contributed by atoms with E-state index in [-0.39, 0.29) is 0 Å². The topological polar surface area (TPSA) is 111 Å². The molecule has 2 heterocycles. The van der Waals surface area contributed by atoms with Gasteiger partial charge in [-0.15, -0.1) is 0 Å². The molecule has 30 heavy (non-hydrogen) atoms. The van der Waals surface area contributed by atoms with Gasteiger partial charge in [0.2, 0.25) is 10.4 Å². The summed E-state index contributed by atoms with van der Waals surface area (Å²) in [5.41, 5.74) is 4.00. The molecule has 4 aromatic rings. The van der Waals surface area contributed by atoms with Crippen molar-refractivity contribution in [2.24, 2.45) is 17.3 Å². The Bertz CT molecular complexity index is 1280. The molecule has 4 rings (SSSR count). The Morgan fingerprint density at radius 1 is 1.10 bits per heavy atom. The minimum Gasteiger partial charge on any atom is -0.726 e. The van der Waals surface area contributed by atoms with Crippen LogP contribution in [0.4, 0.5) is 10.8 Å². The predicted octanol–water partition coefficient (Wildman–Crippen LogP) is 4.99. The summed E-state index contributed by atoms with van der Waals surface area (Å²) in [7, 11) is -1.64. The van der Waals surface area contributed by atoms with Gasteiger partial charge in [-0.2, -0.15) is 0 Å². The maximum absolute atomic E-state index is 9.22. The van der Waals surface area contributed by atoms with E-state index in [1.165, 1.54) is 0 Å². The van der Waals surface area contributed by atoms with Gasteiger partial charge in [0, 0.05) is 16.5 Å². The number of aromatic nitrogens is 2. The first-order chi connectivity index (χ1) is 14.3. The third-order valence-electron chi connectivity index (χ3n) is 3.97. The number of H-pyrrole nitrogens is 1. The third-order valence-corrected chi connectivity index (χ3v) is 5.92. The smallest absolute Gasteiger partial charge is 0.409 e. The lowest BCUT2D eigenvalue weighted by Crippen LogP contribution is -2.23. The van der Waals surface area contributed by atoms with Gasteiger partial charge in [0.15, 0.2) is 0 Å². The molecule has 2 aromatic carbocycles. The van der Waals surface area contributed by atoms with Crippen molar-refractivity contribution in [1.82, 2.24) is 4.98 Å². The number of hydrogen-bond acceptors (Lipinski definition) is 7. The zero-order valence-corrected chi connectivity index (χ0v) is 19.2. The van der Waals surface area contributed by atoms with E-state index in [4.69, 9.17) is 0 Å². The molecule has 1 N–H and O–H groups in total. The van der Waals surface area contributed by atoms with Crippen LogP contribution < -0.4 is 4.57 Å². The van der Waals surface area contributed by atoms with Crippen molar-refractivity contribution in [3.05, 3.63) is 64.6 Å². The van der Waals surface area contributed by atoms with E-state index in [2.05, 4.69) is 59.6 Å². The first-order valence-corrected chi connectivity index (χ1v) is 11.5. The highest BCUT2D eigenvalue weighted by atomic mass is 79.9. The van der Waals surface area contributed by atoms with E-state index >= 15 is 0 Å². The summed E-state index contributed by atoms with van der Waals surface area (Å²) in [5, 5.41) is 10.9. The number of aromatic amines is 1. The van der Waals surface area contributed by atoms with Gasteiger partial charge >= 0.3 is 5.13 Å². The zero-order chi connectivity index (χ0) is 21.7. The van der Waals surface area contributed by atoms with Crippen molar-refractivity contribution >= 4 is 59.4 Å². The monoisotopic (exact) mass is 508 g/mol. The molecule has 8 nitrogen and oxygen atoms in total. The van der Waals surface area contributed by atoms with Crippen LogP contribution in [-0.2, 0) is 21.6 Å². The van der Waals surface area contributed by atoms with E-state index < -0.39 is 10.4 Å². The highest BCUT2D eigenvalue weighted by Gasteiger charge is 2.17. The molecule has 0 unspecified atom stereocenters. The van der Waals surface area contributed by atoms with Crippen molar-refractivity contribution in [3.63, 3.8) is 0 Å². The summed E-state index contributed by atoms with van der Waals surface area (Å²) in [6, 6.07) is 18.4. The largest absolute Gasteiger partial charge is 0.726 e. The molecule has 2 aromatic heterocycles. The number of para-hydroxylation sites is 1. The molecule has 0 atom stereocenters. The van der Waals surface area contributed by atoms with Crippen molar-refractivity contribution in [1.29, 1.82) is 0 Å². The van der Waals surface area contributed by atoms with Crippen LogP contribution in [0.2, 0.25) is 0 Å². The molecule has 0 fully saturated rings. The molecule has 0 spiro atoms. The van der Waals surface area contributed by atoms with E-state index in [1.807, 2.05) is 48.1 Å². The fourth-order valence-corrected chi connectivity index (χ4v) is 4.03. The first kappa shape index (κ1) is 22.2. The van der Waals surface area contributed by atoms with Gasteiger partial charge in [0.1, 0.15) is 15.7 Å². The van der Waals surface area contributed by atoms with Crippen LogP contribution in [-0.4, -0.2) is 25.1 Å². The van der Waals surface area contributed by atoms with Gasteiger partial charge in [0.05, 0.1) is 25.0 Å². The molecule has 156 valence electrons. The number of rotatable bonds is 4. The zero-order valence-electron chi connectivity index (χ0n) is 15.9. The van der Waals surface area contributed by atoms with Gasteiger partial charge in [-0.05, 0) is 38.4 Å². The summed E-state index contributed by atoms with van der Waals surface area (Å²) in [6.07, 6.45) is 1.98. The normalized spacial score (nSPS) is 11.6. The second-order valence-electron chi connectivity index (χ2n) is 5.96. The molecule has 0 aliphatic heterocycles. The minimum absolute atomic E-state index is 0.808. The minimum atomic E-state index is -4.41. The first-order valence-electron chi connectivity index (χ1n) is 8.53. The van der Waals surface area contributed by atoms with E-state index in [0.717, 1.165) is 43.9 Å². The molecule has 0 aliphatic rings. The summed E-state index contributed by atoms with van der Waals surface area (Å²) in [6.45, 7) is 0. The Morgan fingerprint density at radius 2 is 1.73 bits per heavy atom. The summed E-state index contributed by atoms with van der Waals surface area (Å²) >= 11 is 5.03. The molecule has 0 bridgehead atoms. The summed E-state index contributed by atoms with van der Waals surface area (Å²) < 4.78 is 34.0. The van der Waals surface area contributed by atoms with Gasteiger partial charge in [0.25, 0.3) is 0 Å². The van der Waals surface area contributed by atoms with Crippen molar-refractivity contribution < 1.29 is 21.7 Å². The molecular formula is C19H17BrN4O4S2. The van der Waals surface area contributed by atoms with Gasteiger partial charge < -0.3 is 9.54 Å². The van der Waals surface area contributed by atoms with Crippen LogP contribution >= 0.6 is 27.3 Å². The number of azo groups is 1. The average Bonchev–Trinajstić information content (AvgIpc) is 3.26. The summed E-state index contributed by atoms with van der Waals surface area (Å²) in [5.74, 6) is 0. The van der Waals surface area contributed by atoms with Gasteiger partial charge in [-0.25, -0.2) is 13.0 Å². The lowest BCUT2D eigenvalue weighted by molar-refractivity contribution is -0.654. The van der Waals surface area contributed by atoms with Crippen LogP contribution in [0.3, 0.4) is 0 Å². The molecule has 0 amide bonds. The predicted molar refractivity (Wildman–Crippen MR) is 118 cm³/mol. The van der Waals surface area contributed by atoms with E-state index in [1.54, 1.807) is 11.3 Å². The fraction of sp³-hybridized carbons (Fsp3) is 0.105. The number of nitrogens with zero attached hydrogens (tertiary/aromatic N) is 3. The number of halogens is 1. The maximum Gasteiger partial charge on any atom is 0.409 e. The SMILES string of the molecule is COS(=O)(=O)[O-].C[n+]1cc(Br)sc1N=Nc1c(-c2ccccc2)[nH]c2ccccc12. The van der Waals surface area contributed by atoms with Crippen LogP contribution in [0, 0.1) is 0 Å². The van der Waals surface area contributed by atoms with E-state index in [0.29, 0.717) is 0 Å². The fourth-order valence-electron chi connectivity index (χ4n) is 2.62. The Balaban J connectivity index is 0.000000377. The van der Waals surface area contributed by atoms with Gasteiger partial charge in [-0.1, -0.05) is 48.5 Å². The van der Waals surface area contributed by atoms with Crippen LogP contribution in [0.5, 0.6) is 0 Å². The molecule has 0 radical (unpaired) electrons. The van der Waals surface area contributed by atoms with Crippen LogP contribution in [0.1, 0.15) is 0 Å². The molecular weight excluding hydrogens is 492 g/mol.